The number of nitrogens with one attached hydrogen (secondary N) is 2. The maximum absolute atomic E-state index is 13.6. The number of ketones is 1. The topological polar surface area (TPSA) is 74.0 Å². The third-order valence-electron chi connectivity index (χ3n) is 5.56. The number of fused-ring (bicyclic) bond motifs is 1. The molecule has 1 fully saturated rings. The van der Waals surface area contributed by atoms with Gasteiger partial charge in [0.2, 0.25) is 0 Å². The van der Waals surface area contributed by atoms with Crippen molar-refractivity contribution >= 4 is 22.5 Å². The molecular weight excluding hydrogens is 459 g/mol. The number of carbonyl (C=O) groups is 1. The quantitative estimate of drug-likeness (QED) is 0.312. The number of hydrogen-bond acceptors (Lipinski definition) is 4. The van der Waals surface area contributed by atoms with E-state index in [1.54, 1.807) is 18.2 Å². The number of halogens is 5. The summed E-state index contributed by atoms with van der Waals surface area (Å²) in [5, 5.41) is 0. The summed E-state index contributed by atoms with van der Waals surface area (Å²) >= 11 is 0. The molecule has 1 saturated heterocycles. The third kappa shape index (κ3) is 4.14. The molecule has 5 rings (SSSR count). The van der Waals surface area contributed by atoms with Gasteiger partial charge in [0.05, 0.1) is 28.9 Å². The maximum atomic E-state index is 13.6. The zero-order chi connectivity index (χ0) is 24.1. The summed E-state index contributed by atoms with van der Waals surface area (Å²) in [5.41, 5.74) is 0.685. The normalized spacial score (nSPS) is 16.2. The number of rotatable bonds is 4. The molecule has 34 heavy (non-hydrogen) atoms. The first-order chi connectivity index (χ1) is 16.1. The number of carbonyl (C=O) groups excluding carboxylic acids is 1. The number of anilines is 1. The Balaban J connectivity index is 1.43. The predicted octanol–water partition coefficient (Wildman–Crippen LogP) is 5.24. The molecule has 1 aliphatic heterocycles. The predicted molar refractivity (Wildman–Crippen MR) is 114 cm³/mol. The summed E-state index contributed by atoms with van der Waals surface area (Å²) in [6.07, 6.45) is -6.57. The Morgan fingerprint density at radius 3 is 2.68 bits per heavy atom. The minimum Gasteiger partial charge on any atom is -0.360 e. The average Bonchev–Trinajstić information content (AvgIpc) is 3.44. The number of H-pyrrole nitrogens is 2. The van der Waals surface area contributed by atoms with E-state index in [-0.39, 0.29) is 12.2 Å². The first-order valence-corrected chi connectivity index (χ1v) is 10.3. The van der Waals surface area contributed by atoms with Gasteiger partial charge in [0, 0.05) is 29.6 Å². The van der Waals surface area contributed by atoms with Gasteiger partial charge in [0.15, 0.2) is 11.6 Å². The van der Waals surface area contributed by atoms with Crippen molar-refractivity contribution in [2.24, 2.45) is 0 Å². The zero-order valence-electron chi connectivity index (χ0n) is 17.4. The lowest BCUT2D eigenvalue weighted by Crippen LogP contribution is -2.46. The lowest BCUT2D eigenvalue weighted by molar-refractivity contribution is -0.240. The van der Waals surface area contributed by atoms with Crippen molar-refractivity contribution in [1.82, 2.24) is 15.0 Å². The van der Waals surface area contributed by atoms with Crippen LogP contribution in [-0.2, 0) is 10.9 Å². The van der Waals surface area contributed by atoms with Crippen molar-refractivity contribution in [3.8, 4) is 11.5 Å². The zero-order valence-corrected chi connectivity index (χ0v) is 17.4. The molecule has 2 N–H and O–H groups in total. The molecule has 0 unspecified atom stereocenters. The van der Waals surface area contributed by atoms with E-state index in [1.165, 1.54) is 29.3 Å². The molecule has 0 amide bonds. The molecule has 1 aliphatic rings. The molecule has 0 saturated carbocycles. The van der Waals surface area contributed by atoms with E-state index in [9.17, 15) is 26.7 Å². The van der Waals surface area contributed by atoms with Crippen molar-refractivity contribution in [2.45, 2.75) is 12.3 Å². The smallest absolute Gasteiger partial charge is 0.360 e. The highest BCUT2D eigenvalue weighted by Gasteiger charge is 2.37. The first kappa shape index (κ1) is 22.1. The van der Waals surface area contributed by atoms with Crippen molar-refractivity contribution in [3.05, 3.63) is 71.4 Å². The van der Waals surface area contributed by atoms with Crippen LogP contribution in [0.25, 0.3) is 22.6 Å². The van der Waals surface area contributed by atoms with Crippen LogP contribution in [0.5, 0.6) is 0 Å². The molecule has 0 bridgehead atoms. The summed E-state index contributed by atoms with van der Waals surface area (Å²) in [5.74, 6) is -0.426. The van der Waals surface area contributed by atoms with Gasteiger partial charge in [-0.05, 0) is 30.3 Å². The van der Waals surface area contributed by atoms with Crippen LogP contribution in [0.1, 0.15) is 21.5 Å². The molecule has 11 heteroatoms. The highest BCUT2D eigenvalue weighted by Crippen LogP contribution is 2.33. The van der Waals surface area contributed by atoms with Gasteiger partial charge < -0.3 is 19.6 Å². The van der Waals surface area contributed by atoms with E-state index in [0.29, 0.717) is 34.8 Å². The largest absolute Gasteiger partial charge is 0.417 e. The second-order valence-corrected chi connectivity index (χ2v) is 7.87. The number of nitrogens with zero attached hydrogens (tertiary/aromatic N) is 2. The van der Waals surface area contributed by atoms with Gasteiger partial charge in [-0.3, -0.25) is 4.79 Å². The van der Waals surface area contributed by atoms with Crippen LogP contribution in [0.2, 0.25) is 0 Å². The standard InChI is InChI=1S/C23H17F5N4O2/c24-22(25)12-32(7-8-34-22)14-5-6-17-18(10-14)31-21(30-17)19-9-13(11-29-19)20(33)15-3-1-2-4-16(15)23(26,27)28/h1-6,9-11,29H,7-8,12H2,(H,30,31). The minimum absolute atomic E-state index is 0.0448. The van der Waals surface area contributed by atoms with Crippen molar-refractivity contribution in [2.75, 3.05) is 24.6 Å². The Hall–Kier alpha value is -3.73. The maximum Gasteiger partial charge on any atom is 0.417 e. The van der Waals surface area contributed by atoms with Crippen LogP contribution in [0.15, 0.2) is 54.7 Å². The van der Waals surface area contributed by atoms with Gasteiger partial charge in [0.1, 0.15) is 6.54 Å². The van der Waals surface area contributed by atoms with Crippen molar-refractivity contribution in [1.29, 1.82) is 0 Å². The monoisotopic (exact) mass is 476 g/mol. The molecule has 4 aromatic rings. The third-order valence-corrected chi connectivity index (χ3v) is 5.56. The van der Waals surface area contributed by atoms with Gasteiger partial charge in [-0.1, -0.05) is 18.2 Å². The summed E-state index contributed by atoms with van der Waals surface area (Å²) in [6, 6.07) is 11.0. The molecule has 0 spiro atoms. The van der Waals surface area contributed by atoms with Crippen molar-refractivity contribution in [3.63, 3.8) is 0 Å². The molecule has 6 nitrogen and oxygen atoms in total. The number of ether oxygens (including phenoxy) is 1. The average molecular weight is 476 g/mol. The Kier molecular flexibility index (Phi) is 5.16. The van der Waals surface area contributed by atoms with Crippen LogP contribution in [-0.4, -0.2) is 46.5 Å². The highest BCUT2D eigenvalue weighted by molar-refractivity contribution is 6.10. The van der Waals surface area contributed by atoms with Gasteiger partial charge in [0.25, 0.3) is 0 Å². The van der Waals surface area contributed by atoms with Crippen LogP contribution in [0, 0.1) is 0 Å². The molecule has 3 heterocycles. The molecule has 0 atom stereocenters. The molecular formula is C23H17F5N4O2. The number of aromatic nitrogens is 3. The van der Waals surface area contributed by atoms with E-state index in [4.69, 9.17) is 0 Å². The molecule has 0 radical (unpaired) electrons. The second kappa shape index (κ2) is 7.94. The number of imidazole rings is 1. The summed E-state index contributed by atoms with van der Waals surface area (Å²) in [4.78, 5) is 24.6. The van der Waals surface area contributed by atoms with Gasteiger partial charge in [-0.25, -0.2) is 4.98 Å². The highest BCUT2D eigenvalue weighted by atomic mass is 19.4. The summed E-state index contributed by atoms with van der Waals surface area (Å²) in [6.45, 7) is -0.361. The Morgan fingerprint density at radius 1 is 1.12 bits per heavy atom. The summed E-state index contributed by atoms with van der Waals surface area (Å²) in [7, 11) is 0. The van der Waals surface area contributed by atoms with Crippen LogP contribution in [0.4, 0.5) is 27.6 Å². The van der Waals surface area contributed by atoms with Crippen LogP contribution < -0.4 is 4.90 Å². The molecule has 2 aromatic heterocycles. The van der Waals surface area contributed by atoms with E-state index in [0.717, 1.165) is 12.1 Å². The number of alkyl halides is 5. The Morgan fingerprint density at radius 2 is 1.91 bits per heavy atom. The van der Waals surface area contributed by atoms with E-state index >= 15 is 0 Å². The number of benzene rings is 2. The molecule has 176 valence electrons. The SMILES string of the molecule is O=C(c1c[nH]c(-c2nc3ccc(N4CCOC(F)(F)C4)cc3[nH]2)c1)c1ccccc1C(F)(F)F. The number of morpholine rings is 1. The van der Waals surface area contributed by atoms with E-state index < -0.39 is 35.7 Å². The fourth-order valence-corrected chi connectivity index (χ4v) is 3.94. The van der Waals surface area contributed by atoms with Gasteiger partial charge in [-0.2, -0.15) is 22.0 Å². The van der Waals surface area contributed by atoms with Gasteiger partial charge in [-0.15, -0.1) is 0 Å². The minimum atomic E-state index is -4.66. The van der Waals surface area contributed by atoms with Crippen LogP contribution in [0.3, 0.4) is 0 Å². The van der Waals surface area contributed by atoms with Crippen molar-refractivity contribution < 1.29 is 31.5 Å². The first-order valence-electron chi connectivity index (χ1n) is 10.3. The number of aromatic amines is 2. The number of hydrogen-bond donors (Lipinski definition) is 2. The second-order valence-electron chi connectivity index (χ2n) is 7.87. The molecule has 2 aromatic carbocycles. The fourth-order valence-electron chi connectivity index (χ4n) is 3.94. The lowest BCUT2D eigenvalue weighted by atomic mass is 9.99. The Labute approximate surface area is 189 Å². The fraction of sp³-hybridized carbons (Fsp3) is 0.217. The lowest BCUT2D eigenvalue weighted by Gasteiger charge is -2.33. The van der Waals surface area contributed by atoms with E-state index in [1.807, 2.05) is 0 Å². The van der Waals surface area contributed by atoms with Crippen LogP contribution >= 0.6 is 0 Å². The van der Waals surface area contributed by atoms with E-state index in [2.05, 4.69) is 19.7 Å². The Bertz CT molecular complexity index is 1380. The summed E-state index contributed by atoms with van der Waals surface area (Å²) < 4.78 is 71.5. The molecule has 0 aliphatic carbocycles. The van der Waals surface area contributed by atoms with Gasteiger partial charge >= 0.3 is 12.3 Å².